The van der Waals surface area contributed by atoms with Crippen LogP contribution in [0.5, 0.6) is 5.75 Å². The molecule has 0 aliphatic carbocycles. The number of carbonyl (C=O) groups excluding carboxylic acids is 1. The topological polar surface area (TPSA) is 72.8 Å². The monoisotopic (exact) mass is 254 g/mol. The second kappa shape index (κ2) is 8.81. The standard InChI is InChI=1S/C11H10O5.2CH4/c1-2-10(12)16-7-15-9-5-3-8(4-6-9)11(13)14;;/h2-6H,1,7H2,(H,13,14);2*1H4. The van der Waals surface area contributed by atoms with Gasteiger partial charge in [0, 0.05) is 6.08 Å². The molecule has 18 heavy (non-hydrogen) atoms. The molecule has 100 valence electrons. The molecule has 1 aromatic carbocycles. The fourth-order valence-corrected chi connectivity index (χ4v) is 0.908. The molecule has 0 radical (unpaired) electrons. The summed E-state index contributed by atoms with van der Waals surface area (Å²) in [5, 5.41) is 8.64. The van der Waals surface area contributed by atoms with Gasteiger partial charge >= 0.3 is 11.9 Å². The molecule has 0 spiro atoms. The number of hydrogen-bond acceptors (Lipinski definition) is 4. The number of carboxylic acid groups (broad SMARTS) is 1. The van der Waals surface area contributed by atoms with E-state index in [4.69, 9.17) is 9.84 Å². The number of hydrogen-bond donors (Lipinski definition) is 1. The van der Waals surface area contributed by atoms with Crippen LogP contribution in [0.15, 0.2) is 36.9 Å². The molecule has 0 bridgehead atoms. The highest BCUT2D eigenvalue weighted by Crippen LogP contribution is 2.11. The Kier molecular flexibility index (Phi) is 8.84. The lowest BCUT2D eigenvalue weighted by Crippen LogP contribution is -2.07. The van der Waals surface area contributed by atoms with Gasteiger partial charge in [0.15, 0.2) is 0 Å². The van der Waals surface area contributed by atoms with Crippen LogP contribution in [0.2, 0.25) is 0 Å². The number of aromatic carboxylic acids is 1. The average Bonchev–Trinajstić information content (AvgIpc) is 2.29. The van der Waals surface area contributed by atoms with Gasteiger partial charge in [-0.1, -0.05) is 21.4 Å². The maximum Gasteiger partial charge on any atom is 0.335 e. The number of rotatable bonds is 5. The van der Waals surface area contributed by atoms with E-state index in [9.17, 15) is 9.59 Å². The molecule has 0 aliphatic rings. The van der Waals surface area contributed by atoms with Gasteiger partial charge in [0.05, 0.1) is 5.56 Å². The van der Waals surface area contributed by atoms with Gasteiger partial charge in [-0.3, -0.25) is 0 Å². The van der Waals surface area contributed by atoms with Crippen LogP contribution < -0.4 is 4.74 Å². The summed E-state index contributed by atoms with van der Waals surface area (Å²) in [5.41, 5.74) is 0.162. The van der Waals surface area contributed by atoms with Crippen LogP contribution in [0, 0.1) is 0 Å². The molecule has 5 nitrogen and oxygen atoms in total. The van der Waals surface area contributed by atoms with Crippen LogP contribution in [0.3, 0.4) is 0 Å². The molecule has 1 N–H and O–H groups in total. The Hall–Kier alpha value is -2.30. The van der Waals surface area contributed by atoms with Crippen LogP contribution in [-0.4, -0.2) is 23.8 Å². The molecule has 5 heteroatoms. The summed E-state index contributed by atoms with van der Waals surface area (Å²) in [6.07, 6.45) is 1.02. The first-order valence-corrected chi connectivity index (χ1v) is 4.39. The lowest BCUT2D eigenvalue weighted by Gasteiger charge is -2.05. The average molecular weight is 254 g/mol. The Balaban J connectivity index is 0. The summed E-state index contributed by atoms with van der Waals surface area (Å²) in [5.74, 6) is -1.17. The molecule has 0 atom stereocenters. The second-order valence-corrected chi connectivity index (χ2v) is 2.76. The Morgan fingerprint density at radius 3 is 2.22 bits per heavy atom. The molecule has 0 saturated carbocycles. The summed E-state index contributed by atoms with van der Waals surface area (Å²) in [6, 6.07) is 5.75. The molecule has 0 heterocycles. The molecule has 0 fully saturated rings. The normalized spacial score (nSPS) is 8.22. The predicted octanol–water partition coefficient (Wildman–Crippen LogP) is 2.72. The van der Waals surface area contributed by atoms with E-state index >= 15 is 0 Å². The van der Waals surface area contributed by atoms with E-state index < -0.39 is 11.9 Å². The third kappa shape index (κ3) is 5.69. The number of carbonyl (C=O) groups is 2. The molecular weight excluding hydrogens is 236 g/mol. The third-order valence-corrected chi connectivity index (χ3v) is 1.69. The molecule has 0 aromatic heterocycles. The number of benzene rings is 1. The Morgan fingerprint density at radius 1 is 1.22 bits per heavy atom. The fraction of sp³-hybridized carbons (Fsp3) is 0.231. The van der Waals surface area contributed by atoms with Gasteiger partial charge in [0.2, 0.25) is 6.79 Å². The second-order valence-electron chi connectivity index (χ2n) is 2.76. The predicted molar refractivity (Wildman–Crippen MR) is 68.6 cm³/mol. The van der Waals surface area contributed by atoms with Crippen LogP contribution >= 0.6 is 0 Å². The van der Waals surface area contributed by atoms with E-state index in [0.29, 0.717) is 5.75 Å². The zero-order valence-corrected chi connectivity index (χ0v) is 8.38. The smallest absolute Gasteiger partial charge is 0.335 e. The van der Waals surface area contributed by atoms with E-state index in [0.717, 1.165) is 6.08 Å². The summed E-state index contributed by atoms with van der Waals surface area (Å²) in [4.78, 5) is 21.2. The lowest BCUT2D eigenvalue weighted by atomic mass is 10.2. The first-order chi connectivity index (χ1) is 7.63. The van der Waals surface area contributed by atoms with E-state index in [1.165, 1.54) is 24.3 Å². The van der Waals surface area contributed by atoms with Crippen molar-refractivity contribution in [2.45, 2.75) is 14.9 Å². The molecule has 1 rings (SSSR count). The van der Waals surface area contributed by atoms with Crippen molar-refractivity contribution in [1.82, 2.24) is 0 Å². The first kappa shape index (κ1) is 18.1. The number of esters is 1. The van der Waals surface area contributed by atoms with Crippen molar-refractivity contribution in [2.75, 3.05) is 6.79 Å². The van der Waals surface area contributed by atoms with Crippen molar-refractivity contribution in [3.8, 4) is 5.75 Å². The van der Waals surface area contributed by atoms with Gasteiger partial charge in [-0.15, -0.1) is 0 Å². The Morgan fingerprint density at radius 2 is 1.78 bits per heavy atom. The molecule has 0 unspecified atom stereocenters. The Labute approximate surface area is 107 Å². The van der Waals surface area contributed by atoms with Crippen molar-refractivity contribution in [2.24, 2.45) is 0 Å². The third-order valence-electron chi connectivity index (χ3n) is 1.69. The lowest BCUT2D eigenvalue weighted by molar-refractivity contribution is -0.144. The number of ether oxygens (including phenoxy) is 2. The summed E-state index contributed by atoms with van der Waals surface area (Å²) in [6.45, 7) is 2.98. The van der Waals surface area contributed by atoms with E-state index in [-0.39, 0.29) is 27.2 Å². The minimum absolute atomic E-state index is 0. The van der Waals surface area contributed by atoms with Gasteiger partial charge in [0.1, 0.15) is 5.75 Å². The quantitative estimate of drug-likeness (QED) is 0.497. The van der Waals surface area contributed by atoms with Gasteiger partial charge in [-0.2, -0.15) is 0 Å². The molecule has 0 amide bonds. The largest absolute Gasteiger partial charge is 0.478 e. The highest BCUT2D eigenvalue weighted by Gasteiger charge is 2.02. The molecule has 0 aliphatic heterocycles. The highest BCUT2D eigenvalue weighted by atomic mass is 16.7. The first-order valence-electron chi connectivity index (χ1n) is 4.39. The van der Waals surface area contributed by atoms with Crippen molar-refractivity contribution in [3.05, 3.63) is 42.5 Å². The minimum atomic E-state index is -1.01. The molecular formula is C13H18O5. The summed E-state index contributed by atoms with van der Waals surface area (Å²) >= 11 is 0. The van der Waals surface area contributed by atoms with E-state index in [1.807, 2.05) is 0 Å². The maximum absolute atomic E-state index is 10.6. The fourth-order valence-electron chi connectivity index (χ4n) is 0.908. The highest BCUT2D eigenvalue weighted by molar-refractivity contribution is 5.87. The van der Waals surface area contributed by atoms with Gasteiger partial charge in [-0.25, -0.2) is 9.59 Å². The summed E-state index contributed by atoms with van der Waals surface area (Å²) in [7, 11) is 0. The zero-order valence-electron chi connectivity index (χ0n) is 8.38. The van der Waals surface area contributed by atoms with Crippen LogP contribution in [-0.2, 0) is 9.53 Å². The van der Waals surface area contributed by atoms with Crippen LogP contribution in [0.4, 0.5) is 0 Å². The van der Waals surface area contributed by atoms with E-state index in [1.54, 1.807) is 0 Å². The molecule has 1 aromatic rings. The summed E-state index contributed by atoms with van der Waals surface area (Å²) < 4.78 is 9.61. The molecule has 0 saturated heterocycles. The van der Waals surface area contributed by atoms with E-state index in [2.05, 4.69) is 11.3 Å². The minimum Gasteiger partial charge on any atom is -0.478 e. The van der Waals surface area contributed by atoms with Crippen molar-refractivity contribution in [1.29, 1.82) is 0 Å². The van der Waals surface area contributed by atoms with Gasteiger partial charge < -0.3 is 14.6 Å². The van der Waals surface area contributed by atoms with Crippen LogP contribution in [0.25, 0.3) is 0 Å². The SMILES string of the molecule is C.C.C=CC(=O)OCOc1ccc(C(=O)O)cc1. The van der Waals surface area contributed by atoms with Crippen molar-refractivity contribution >= 4 is 11.9 Å². The number of carboxylic acids is 1. The van der Waals surface area contributed by atoms with Gasteiger partial charge in [-0.05, 0) is 24.3 Å². The Bertz CT molecular complexity index is 394. The van der Waals surface area contributed by atoms with Crippen molar-refractivity contribution < 1.29 is 24.2 Å². The maximum atomic E-state index is 10.6. The van der Waals surface area contributed by atoms with Crippen LogP contribution in [0.1, 0.15) is 25.2 Å². The zero-order chi connectivity index (χ0) is 12.0. The van der Waals surface area contributed by atoms with Gasteiger partial charge in [0.25, 0.3) is 0 Å². The van der Waals surface area contributed by atoms with Crippen molar-refractivity contribution in [3.63, 3.8) is 0 Å².